The third kappa shape index (κ3) is 5.34. The number of nitrogens with zero attached hydrogens (tertiary/aromatic N) is 5. The van der Waals surface area contributed by atoms with Crippen LogP contribution >= 0.6 is 11.6 Å². The zero-order valence-corrected chi connectivity index (χ0v) is 19.9. The Labute approximate surface area is 202 Å². The van der Waals surface area contributed by atoms with Gasteiger partial charge in [-0.15, -0.1) is 0 Å². The molecule has 4 rings (SSSR count). The standard InChI is InChI=1S/C25H26ClN5O3/c1-29(2)24(33)16-30-15-18(8-9-23(30)32)25(34)31-10-4-7-22(31)21-14-27-13-20(28-21)12-17-5-3-6-19(26)11-17/h3,5-6,8-9,11,13-15,22H,4,7,10,12,16H2,1-2H3/t22-/m1/s1. The number of carbonyl (C=O) groups is 2. The van der Waals surface area contributed by atoms with Crippen molar-refractivity contribution in [1.82, 2.24) is 24.3 Å². The molecule has 1 fully saturated rings. The number of hydrogen-bond acceptors (Lipinski definition) is 5. The largest absolute Gasteiger partial charge is 0.347 e. The predicted molar refractivity (Wildman–Crippen MR) is 129 cm³/mol. The molecule has 0 spiro atoms. The molecule has 9 heteroatoms. The minimum Gasteiger partial charge on any atom is -0.347 e. The molecule has 0 aliphatic carbocycles. The van der Waals surface area contributed by atoms with Crippen LogP contribution in [0.5, 0.6) is 0 Å². The van der Waals surface area contributed by atoms with Gasteiger partial charge in [0.1, 0.15) is 6.54 Å². The van der Waals surface area contributed by atoms with Crippen LogP contribution in [0.3, 0.4) is 0 Å². The lowest BCUT2D eigenvalue weighted by Crippen LogP contribution is -2.34. The molecule has 8 nitrogen and oxygen atoms in total. The molecule has 3 heterocycles. The van der Waals surface area contributed by atoms with Gasteiger partial charge >= 0.3 is 0 Å². The van der Waals surface area contributed by atoms with E-state index in [1.807, 2.05) is 24.3 Å². The summed E-state index contributed by atoms with van der Waals surface area (Å²) >= 11 is 6.10. The van der Waals surface area contributed by atoms with E-state index in [1.54, 1.807) is 31.4 Å². The average Bonchev–Trinajstić information content (AvgIpc) is 3.30. The van der Waals surface area contributed by atoms with Crippen LogP contribution in [0, 0.1) is 0 Å². The normalized spacial score (nSPS) is 15.4. The van der Waals surface area contributed by atoms with Gasteiger partial charge in [0.05, 0.1) is 29.2 Å². The van der Waals surface area contributed by atoms with E-state index in [-0.39, 0.29) is 30.0 Å². The second-order valence-electron chi connectivity index (χ2n) is 8.57. The second-order valence-corrected chi connectivity index (χ2v) is 9.01. The minimum absolute atomic E-state index is 0.118. The number of pyridine rings is 1. The maximum atomic E-state index is 13.4. The van der Waals surface area contributed by atoms with E-state index in [4.69, 9.17) is 16.6 Å². The Bertz CT molecular complexity index is 1270. The molecule has 1 aliphatic rings. The zero-order chi connectivity index (χ0) is 24.2. The predicted octanol–water partition coefficient (Wildman–Crippen LogP) is 2.95. The average molecular weight is 480 g/mol. The number of hydrogen-bond donors (Lipinski definition) is 0. The SMILES string of the molecule is CN(C)C(=O)Cn1cc(C(=O)N2CCC[C@@H]2c2cncc(Cc3cccc(Cl)c3)n2)ccc1=O. The lowest BCUT2D eigenvalue weighted by atomic mass is 10.1. The summed E-state index contributed by atoms with van der Waals surface area (Å²) in [5.41, 5.74) is 2.61. The van der Waals surface area contributed by atoms with Crippen molar-refractivity contribution in [2.45, 2.75) is 31.8 Å². The first kappa shape index (κ1) is 23.6. The van der Waals surface area contributed by atoms with E-state index in [2.05, 4.69) is 4.98 Å². The van der Waals surface area contributed by atoms with Crippen LogP contribution in [0.25, 0.3) is 0 Å². The molecule has 176 valence electrons. The summed E-state index contributed by atoms with van der Waals surface area (Å²) in [5.74, 6) is -0.423. The van der Waals surface area contributed by atoms with Crippen LogP contribution in [0.15, 0.2) is 59.8 Å². The summed E-state index contributed by atoms with van der Waals surface area (Å²) in [6, 6.07) is 10.2. The molecule has 1 atom stereocenters. The van der Waals surface area contributed by atoms with Crippen molar-refractivity contribution in [2.24, 2.45) is 0 Å². The highest BCUT2D eigenvalue weighted by Crippen LogP contribution is 2.32. The van der Waals surface area contributed by atoms with E-state index in [9.17, 15) is 14.4 Å². The van der Waals surface area contributed by atoms with E-state index >= 15 is 0 Å². The Morgan fingerprint density at radius 3 is 2.76 bits per heavy atom. The lowest BCUT2D eigenvalue weighted by molar-refractivity contribution is -0.129. The van der Waals surface area contributed by atoms with Crippen molar-refractivity contribution in [1.29, 1.82) is 0 Å². The molecule has 1 saturated heterocycles. The molecule has 1 aromatic carbocycles. The first-order valence-corrected chi connectivity index (χ1v) is 11.5. The van der Waals surface area contributed by atoms with Gasteiger partial charge in [-0.25, -0.2) is 0 Å². The van der Waals surface area contributed by atoms with Crippen molar-refractivity contribution in [3.8, 4) is 0 Å². The summed E-state index contributed by atoms with van der Waals surface area (Å²) in [4.78, 5) is 50.0. The molecular weight excluding hydrogens is 454 g/mol. The van der Waals surface area contributed by atoms with Gasteiger partial charge in [0.25, 0.3) is 11.5 Å². The highest BCUT2D eigenvalue weighted by molar-refractivity contribution is 6.30. The Morgan fingerprint density at radius 2 is 2.00 bits per heavy atom. The third-order valence-corrected chi connectivity index (χ3v) is 6.10. The Balaban J connectivity index is 1.55. The topological polar surface area (TPSA) is 88.4 Å². The molecule has 0 saturated carbocycles. The highest BCUT2D eigenvalue weighted by Gasteiger charge is 2.32. The molecule has 3 aromatic rings. The van der Waals surface area contributed by atoms with Crippen LogP contribution in [0.1, 0.15) is 46.2 Å². The fourth-order valence-electron chi connectivity index (χ4n) is 4.08. The lowest BCUT2D eigenvalue weighted by Gasteiger charge is -2.25. The minimum atomic E-state index is -0.329. The first-order valence-electron chi connectivity index (χ1n) is 11.1. The number of likely N-dealkylation sites (N-methyl/N-ethyl adjacent to an activating group) is 1. The molecule has 1 aliphatic heterocycles. The highest BCUT2D eigenvalue weighted by atomic mass is 35.5. The molecule has 0 unspecified atom stereocenters. The van der Waals surface area contributed by atoms with E-state index in [0.29, 0.717) is 23.6 Å². The summed E-state index contributed by atoms with van der Waals surface area (Å²) in [6.07, 6.45) is 7.10. The van der Waals surface area contributed by atoms with Crippen LogP contribution < -0.4 is 5.56 Å². The number of aromatic nitrogens is 3. The fraction of sp³-hybridized carbons (Fsp3) is 0.320. The zero-order valence-electron chi connectivity index (χ0n) is 19.1. The maximum Gasteiger partial charge on any atom is 0.255 e. The van der Waals surface area contributed by atoms with Gasteiger partial charge in [0, 0.05) is 50.5 Å². The number of benzene rings is 1. The van der Waals surface area contributed by atoms with Crippen LogP contribution in [0.4, 0.5) is 0 Å². The Kier molecular flexibility index (Phi) is 7.07. The molecule has 0 radical (unpaired) electrons. The number of amides is 2. The number of halogens is 1. The summed E-state index contributed by atoms with van der Waals surface area (Å²) in [5, 5.41) is 0.669. The Morgan fingerprint density at radius 1 is 1.18 bits per heavy atom. The summed E-state index contributed by atoms with van der Waals surface area (Å²) < 4.78 is 1.27. The van der Waals surface area contributed by atoms with Gasteiger partial charge < -0.3 is 14.4 Å². The van der Waals surface area contributed by atoms with E-state index in [1.165, 1.54) is 27.8 Å². The number of carbonyl (C=O) groups excluding carboxylic acids is 2. The molecule has 2 amide bonds. The molecule has 0 N–H and O–H groups in total. The summed E-state index contributed by atoms with van der Waals surface area (Å²) in [6.45, 7) is 0.465. The van der Waals surface area contributed by atoms with Gasteiger partial charge in [-0.1, -0.05) is 23.7 Å². The van der Waals surface area contributed by atoms with Gasteiger partial charge in [0.2, 0.25) is 5.91 Å². The Hall–Kier alpha value is -3.52. The smallest absolute Gasteiger partial charge is 0.255 e. The second kappa shape index (κ2) is 10.2. The summed E-state index contributed by atoms with van der Waals surface area (Å²) in [7, 11) is 3.25. The quantitative estimate of drug-likeness (QED) is 0.542. The molecule has 34 heavy (non-hydrogen) atoms. The van der Waals surface area contributed by atoms with Gasteiger partial charge in [-0.2, -0.15) is 0 Å². The maximum absolute atomic E-state index is 13.4. The van der Waals surface area contributed by atoms with Gasteiger partial charge in [0.15, 0.2) is 0 Å². The molecule has 2 aromatic heterocycles. The van der Waals surface area contributed by atoms with Crippen LogP contribution in [0.2, 0.25) is 5.02 Å². The fourth-order valence-corrected chi connectivity index (χ4v) is 4.29. The van der Waals surface area contributed by atoms with Crippen LogP contribution in [-0.4, -0.2) is 56.8 Å². The van der Waals surface area contributed by atoms with Crippen LogP contribution in [-0.2, 0) is 17.8 Å². The van der Waals surface area contributed by atoms with Crippen molar-refractivity contribution < 1.29 is 9.59 Å². The molecular formula is C25H26ClN5O3. The number of rotatable bonds is 6. The van der Waals surface area contributed by atoms with E-state index < -0.39 is 0 Å². The van der Waals surface area contributed by atoms with Crippen molar-refractivity contribution in [2.75, 3.05) is 20.6 Å². The van der Waals surface area contributed by atoms with Crippen molar-refractivity contribution in [3.05, 3.63) is 92.9 Å². The van der Waals surface area contributed by atoms with Gasteiger partial charge in [-0.3, -0.25) is 24.4 Å². The van der Waals surface area contributed by atoms with Gasteiger partial charge in [-0.05, 0) is 36.6 Å². The monoisotopic (exact) mass is 479 g/mol. The van der Waals surface area contributed by atoms with Crippen molar-refractivity contribution in [3.63, 3.8) is 0 Å². The number of likely N-dealkylation sites (tertiary alicyclic amines) is 1. The first-order chi connectivity index (χ1) is 16.3. The van der Waals surface area contributed by atoms with E-state index in [0.717, 1.165) is 29.8 Å². The van der Waals surface area contributed by atoms with Crippen molar-refractivity contribution >= 4 is 23.4 Å². The molecule has 0 bridgehead atoms. The third-order valence-electron chi connectivity index (χ3n) is 5.87.